The van der Waals surface area contributed by atoms with Gasteiger partial charge in [0.15, 0.2) is 11.5 Å². The number of carbonyl (C=O) groups is 2. The number of aryl methyl sites for hydroxylation is 1. The Hall–Kier alpha value is -2.56. The van der Waals surface area contributed by atoms with E-state index in [9.17, 15) is 9.59 Å². The Bertz CT molecular complexity index is 760. The summed E-state index contributed by atoms with van der Waals surface area (Å²) in [6.07, 6.45) is 2.02. The first-order valence-corrected chi connectivity index (χ1v) is 7.66. The Morgan fingerprint density at radius 3 is 2.91 bits per heavy atom. The van der Waals surface area contributed by atoms with Crippen LogP contribution in [0.2, 0.25) is 0 Å². The van der Waals surface area contributed by atoms with Crippen LogP contribution >= 0.6 is 0 Å². The van der Waals surface area contributed by atoms with Gasteiger partial charge in [-0.25, -0.2) is 0 Å². The van der Waals surface area contributed by atoms with Crippen LogP contribution in [-0.2, 0) is 13.0 Å². The molecule has 5 heteroatoms. The van der Waals surface area contributed by atoms with Gasteiger partial charge in [-0.05, 0) is 31.0 Å². The Morgan fingerprint density at radius 2 is 2.17 bits per heavy atom. The van der Waals surface area contributed by atoms with Gasteiger partial charge in [-0.1, -0.05) is 12.1 Å². The summed E-state index contributed by atoms with van der Waals surface area (Å²) in [7, 11) is 1.60. The van der Waals surface area contributed by atoms with E-state index in [1.807, 2.05) is 24.3 Å². The molecule has 1 N–H and O–H groups in total. The smallest absolute Gasteiger partial charge is 0.287 e. The van der Waals surface area contributed by atoms with Gasteiger partial charge in [0.2, 0.25) is 0 Å². The molecule has 0 radical (unpaired) electrons. The molecule has 5 nitrogen and oxygen atoms in total. The fourth-order valence-corrected chi connectivity index (χ4v) is 2.91. The summed E-state index contributed by atoms with van der Waals surface area (Å²) in [5.74, 6) is 1.40. The summed E-state index contributed by atoms with van der Waals surface area (Å²) < 4.78 is 10.8. The molecule has 0 aliphatic heterocycles. The van der Waals surface area contributed by atoms with Crippen LogP contribution in [0.4, 0.5) is 0 Å². The monoisotopic (exact) mass is 313 g/mol. The fourth-order valence-electron chi connectivity index (χ4n) is 2.91. The van der Waals surface area contributed by atoms with Crippen LogP contribution in [-0.4, -0.2) is 18.8 Å². The molecule has 3 rings (SSSR count). The van der Waals surface area contributed by atoms with Crippen LogP contribution in [0.5, 0.6) is 5.75 Å². The van der Waals surface area contributed by atoms with Crippen molar-refractivity contribution in [1.29, 1.82) is 0 Å². The van der Waals surface area contributed by atoms with Gasteiger partial charge in [0.1, 0.15) is 11.5 Å². The second-order valence-electron chi connectivity index (χ2n) is 5.67. The summed E-state index contributed by atoms with van der Waals surface area (Å²) in [5, 5.41) is 2.83. The number of carbonyl (C=O) groups excluding carboxylic acids is 2. The lowest BCUT2D eigenvalue weighted by Crippen LogP contribution is -2.23. The third-order valence-electron chi connectivity index (χ3n) is 4.10. The predicted octanol–water partition coefficient (Wildman–Crippen LogP) is 3.05. The molecule has 0 bridgehead atoms. The summed E-state index contributed by atoms with van der Waals surface area (Å²) in [6.45, 7) is 2.14. The molecule has 120 valence electrons. The quantitative estimate of drug-likeness (QED) is 0.942. The Balaban J connectivity index is 1.75. The molecule has 1 amide bonds. The molecule has 0 unspecified atom stereocenters. The highest BCUT2D eigenvalue weighted by Gasteiger charge is 2.28. The van der Waals surface area contributed by atoms with Gasteiger partial charge < -0.3 is 14.5 Å². The summed E-state index contributed by atoms with van der Waals surface area (Å²) in [4.78, 5) is 24.4. The maximum absolute atomic E-state index is 12.4. The number of methoxy groups -OCH3 is 1. The molecular weight excluding hydrogens is 294 g/mol. The highest BCUT2D eigenvalue weighted by atomic mass is 16.5. The molecule has 0 spiro atoms. The van der Waals surface area contributed by atoms with Gasteiger partial charge in [-0.15, -0.1) is 0 Å². The van der Waals surface area contributed by atoms with Crippen molar-refractivity contribution >= 4 is 11.7 Å². The van der Waals surface area contributed by atoms with Gasteiger partial charge >= 0.3 is 0 Å². The molecule has 1 aromatic carbocycles. The van der Waals surface area contributed by atoms with Crippen molar-refractivity contribution in [2.24, 2.45) is 0 Å². The number of hydrogen-bond donors (Lipinski definition) is 1. The summed E-state index contributed by atoms with van der Waals surface area (Å²) >= 11 is 0. The van der Waals surface area contributed by atoms with Gasteiger partial charge in [0.25, 0.3) is 5.91 Å². The number of rotatable bonds is 4. The van der Waals surface area contributed by atoms with Crippen molar-refractivity contribution < 1.29 is 18.7 Å². The Kier molecular flexibility index (Phi) is 4.19. The van der Waals surface area contributed by atoms with Crippen molar-refractivity contribution in [3.63, 3.8) is 0 Å². The summed E-state index contributed by atoms with van der Waals surface area (Å²) in [5.41, 5.74) is 2.18. The number of nitrogens with one attached hydrogen (secondary N) is 1. The highest BCUT2D eigenvalue weighted by molar-refractivity contribution is 6.03. The number of benzene rings is 1. The standard InChI is InChI=1S/C18H19NO4/c1-11-16-14(20)7-4-8-15(16)23-17(11)18(21)19-10-12-5-3-6-13(9-12)22-2/h3,5-6,9H,4,7-8,10H2,1-2H3,(H,19,21). The van der Waals surface area contributed by atoms with E-state index in [0.717, 1.165) is 17.7 Å². The molecule has 0 fully saturated rings. The zero-order valence-electron chi connectivity index (χ0n) is 13.3. The van der Waals surface area contributed by atoms with Crippen molar-refractivity contribution in [3.8, 4) is 5.75 Å². The molecule has 1 heterocycles. The number of hydrogen-bond acceptors (Lipinski definition) is 4. The van der Waals surface area contributed by atoms with E-state index in [1.54, 1.807) is 14.0 Å². The Labute approximate surface area is 134 Å². The average Bonchev–Trinajstić information content (AvgIpc) is 2.91. The van der Waals surface area contributed by atoms with E-state index in [-0.39, 0.29) is 17.5 Å². The third kappa shape index (κ3) is 2.99. The number of amides is 1. The van der Waals surface area contributed by atoms with Gasteiger partial charge in [0.05, 0.1) is 12.7 Å². The molecule has 0 atom stereocenters. The van der Waals surface area contributed by atoms with Crippen molar-refractivity contribution in [2.75, 3.05) is 7.11 Å². The topological polar surface area (TPSA) is 68.5 Å². The van der Waals surface area contributed by atoms with Gasteiger partial charge in [0, 0.05) is 24.9 Å². The predicted molar refractivity (Wildman–Crippen MR) is 84.9 cm³/mol. The summed E-state index contributed by atoms with van der Waals surface area (Å²) in [6, 6.07) is 7.49. The molecule has 0 saturated carbocycles. The van der Waals surface area contributed by atoms with E-state index in [4.69, 9.17) is 9.15 Å². The van der Waals surface area contributed by atoms with E-state index >= 15 is 0 Å². The van der Waals surface area contributed by atoms with Crippen molar-refractivity contribution in [3.05, 3.63) is 52.5 Å². The Morgan fingerprint density at radius 1 is 1.35 bits per heavy atom. The largest absolute Gasteiger partial charge is 0.497 e. The molecule has 1 aliphatic carbocycles. The SMILES string of the molecule is COc1cccc(CNC(=O)c2oc3c(c2C)C(=O)CCC3)c1. The zero-order chi connectivity index (χ0) is 16.4. The number of Topliss-reactive ketones (excluding diaryl/α,β-unsaturated/α-hetero) is 1. The van der Waals surface area contributed by atoms with Crippen LogP contribution < -0.4 is 10.1 Å². The number of ether oxygens (including phenoxy) is 1. The maximum atomic E-state index is 12.4. The molecule has 0 saturated heterocycles. The van der Waals surface area contributed by atoms with E-state index < -0.39 is 0 Å². The molecule has 1 aliphatic rings. The van der Waals surface area contributed by atoms with Crippen LogP contribution in [0.1, 0.15) is 50.6 Å². The first-order chi connectivity index (χ1) is 11.1. The van der Waals surface area contributed by atoms with Gasteiger partial charge in [-0.3, -0.25) is 9.59 Å². The van der Waals surface area contributed by atoms with Crippen molar-refractivity contribution in [2.45, 2.75) is 32.7 Å². The third-order valence-corrected chi connectivity index (χ3v) is 4.10. The first kappa shape index (κ1) is 15.3. The highest BCUT2D eigenvalue weighted by Crippen LogP contribution is 2.29. The fraction of sp³-hybridized carbons (Fsp3) is 0.333. The lowest BCUT2D eigenvalue weighted by Gasteiger charge is -2.07. The number of ketones is 1. The minimum absolute atomic E-state index is 0.0688. The average molecular weight is 313 g/mol. The molecule has 23 heavy (non-hydrogen) atoms. The lowest BCUT2D eigenvalue weighted by molar-refractivity contribution is 0.0917. The lowest BCUT2D eigenvalue weighted by atomic mass is 9.94. The molecular formula is C18H19NO4. The van der Waals surface area contributed by atoms with Crippen molar-refractivity contribution in [1.82, 2.24) is 5.32 Å². The van der Waals surface area contributed by atoms with Crippen LogP contribution in [0.3, 0.4) is 0 Å². The second kappa shape index (κ2) is 6.28. The van der Waals surface area contributed by atoms with Crippen LogP contribution in [0, 0.1) is 6.92 Å². The van der Waals surface area contributed by atoms with Gasteiger partial charge in [-0.2, -0.15) is 0 Å². The van der Waals surface area contributed by atoms with Crippen LogP contribution in [0.15, 0.2) is 28.7 Å². The zero-order valence-corrected chi connectivity index (χ0v) is 13.3. The number of fused-ring (bicyclic) bond motifs is 1. The molecule has 2 aromatic rings. The van der Waals surface area contributed by atoms with Crippen LogP contribution in [0.25, 0.3) is 0 Å². The molecule has 1 aromatic heterocycles. The van der Waals surface area contributed by atoms with E-state index in [0.29, 0.717) is 36.3 Å². The minimum atomic E-state index is -0.299. The first-order valence-electron chi connectivity index (χ1n) is 7.66. The normalized spacial score (nSPS) is 13.6. The van der Waals surface area contributed by atoms with E-state index in [1.165, 1.54) is 0 Å². The second-order valence-corrected chi connectivity index (χ2v) is 5.67. The maximum Gasteiger partial charge on any atom is 0.287 e. The van der Waals surface area contributed by atoms with E-state index in [2.05, 4.69) is 5.32 Å². The minimum Gasteiger partial charge on any atom is -0.497 e. The number of furan rings is 1.